The fourth-order valence-corrected chi connectivity index (χ4v) is 1.65. The molecule has 13 heavy (non-hydrogen) atoms. The highest BCUT2D eigenvalue weighted by Gasteiger charge is 2.01. The van der Waals surface area contributed by atoms with E-state index in [1.165, 1.54) is 11.1 Å². The van der Waals surface area contributed by atoms with Crippen molar-refractivity contribution in [2.45, 2.75) is 27.2 Å². The first-order valence-corrected chi connectivity index (χ1v) is 5.23. The van der Waals surface area contributed by atoms with Crippen LogP contribution in [0.4, 0.5) is 0 Å². The van der Waals surface area contributed by atoms with Crippen molar-refractivity contribution in [1.29, 1.82) is 0 Å². The first-order chi connectivity index (χ1) is 6.15. The van der Waals surface area contributed by atoms with E-state index in [9.17, 15) is 0 Å². The summed E-state index contributed by atoms with van der Waals surface area (Å²) in [6, 6.07) is 2.11. The SMILES string of the molecule is CC/C=C(/C)c1cc(Br)cnc1C. The van der Waals surface area contributed by atoms with Gasteiger partial charge in [0.1, 0.15) is 0 Å². The third-order valence-corrected chi connectivity index (χ3v) is 2.42. The van der Waals surface area contributed by atoms with Crippen LogP contribution in [0.3, 0.4) is 0 Å². The Morgan fingerprint density at radius 1 is 1.62 bits per heavy atom. The largest absolute Gasteiger partial charge is 0.260 e. The molecule has 0 aliphatic heterocycles. The van der Waals surface area contributed by atoms with E-state index in [0.29, 0.717) is 0 Å². The van der Waals surface area contributed by atoms with Gasteiger partial charge in [0, 0.05) is 16.4 Å². The molecule has 0 amide bonds. The standard InChI is InChI=1S/C11H14BrN/c1-4-5-8(2)11-6-10(12)7-13-9(11)3/h5-7H,4H2,1-3H3/b8-5-. The lowest BCUT2D eigenvalue weighted by Gasteiger charge is -2.05. The molecule has 0 radical (unpaired) electrons. The van der Waals surface area contributed by atoms with Crippen molar-refractivity contribution in [2.24, 2.45) is 0 Å². The van der Waals surface area contributed by atoms with Gasteiger partial charge in [-0.15, -0.1) is 0 Å². The lowest BCUT2D eigenvalue weighted by molar-refractivity contribution is 1.16. The van der Waals surface area contributed by atoms with Crippen LogP contribution in [0.1, 0.15) is 31.5 Å². The monoisotopic (exact) mass is 239 g/mol. The second-order valence-electron chi connectivity index (χ2n) is 3.08. The number of halogens is 1. The van der Waals surface area contributed by atoms with Gasteiger partial charge >= 0.3 is 0 Å². The number of nitrogens with zero attached hydrogens (tertiary/aromatic N) is 1. The van der Waals surface area contributed by atoms with Gasteiger partial charge in [-0.05, 0) is 53.4 Å². The maximum Gasteiger partial charge on any atom is 0.0448 e. The highest BCUT2D eigenvalue weighted by atomic mass is 79.9. The molecule has 0 atom stereocenters. The predicted octanol–water partition coefficient (Wildman–Crippen LogP) is 3.97. The first-order valence-electron chi connectivity index (χ1n) is 4.44. The smallest absolute Gasteiger partial charge is 0.0448 e. The molecule has 0 fully saturated rings. The van der Waals surface area contributed by atoms with Gasteiger partial charge in [-0.2, -0.15) is 0 Å². The number of hydrogen-bond donors (Lipinski definition) is 0. The molecule has 0 saturated heterocycles. The lowest BCUT2D eigenvalue weighted by atomic mass is 10.1. The summed E-state index contributed by atoms with van der Waals surface area (Å²) in [6.07, 6.45) is 5.12. The van der Waals surface area contributed by atoms with E-state index >= 15 is 0 Å². The van der Waals surface area contributed by atoms with Gasteiger partial charge in [-0.25, -0.2) is 0 Å². The molecule has 0 saturated carbocycles. The van der Waals surface area contributed by atoms with E-state index in [1.807, 2.05) is 13.1 Å². The summed E-state index contributed by atoms with van der Waals surface area (Å²) in [5.74, 6) is 0. The number of allylic oxidation sites excluding steroid dienone is 2. The van der Waals surface area contributed by atoms with E-state index in [-0.39, 0.29) is 0 Å². The van der Waals surface area contributed by atoms with Crippen LogP contribution in [-0.2, 0) is 0 Å². The number of aryl methyl sites for hydroxylation is 1. The van der Waals surface area contributed by atoms with Gasteiger partial charge in [0.2, 0.25) is 0 Å². The topological polar surface area (TPSA) is 12.9 Å². The molecule has 70 valence electrons. The van der Waals surface area contributed by atoms with Crippen molar-refractivity contribution in [1.82, 2.24) is 4.98 Å². The zero-order valence-electron chi connectivity index (χ0n) is 8.26. The molecule has 1 aromatic heterocycles. The lowest BCUT2D eigenvalue weighted by Crippen LogP contribution is -1.89. The van der Waals surface area contributed by atoms with E-state index in [0.717, 1.165) is 16.6 Å². The van der Waals surface area contributed by atoms with Gasteiger partial charge in [-0.3, -0.25) is 4.98 Å². The average Bonchev–Trinajstić information content (AvgIpc) is 2.09. The molecular formula is C11H14BrN. The van der Waals surface area contributed by atoms with Crippen LogP contribution in [0.5, 0.6) is 0 Å². The van der Waals surface area contributed by atoms with Crippen molar-refractivity contribution >= 4 is 21.5 Å². The third kappa shape index (κ3) is 2.66. The predicted molar refractivity (Wildman–Crippen MR) is 60.6 cm³/mol. The number of rotatable bonds is 2. The van der Waals surface area contributed by atoms with E-state index in [2.05, 4.69) is 46.9 Å². The van der Waals surface area contributed by atoms with Gasteiger partial charge in [0.25, 0.3) is 0 Å². The second-order valence-corrected chi connectivity index (χ2v) is 4.00. The van der Waals surface area contributed by atoms with E-state index < -0.39 is 0 Å². The highest BCUT2D eigenvalue weighted by molar-refractivity contribution is 9.10. The minimum atomic E-state index is 1.04. The Morgan fingerprint density at radius 2 is 2.31 bits per heavy atom. The Morgan fingerprint density at radius 3 is 2.92 bits per heavy atom. The van der Waals surface area contributed by atoms with Crippen molar-refractivity contribution < 1.29 is 0 Å². The Balaban J connectivity index is 3.13. The van der Waals surface area contributed by atoms with Gasteiger partial charge < -0.3 is 0 Å². The quantitative estimate of drug-likeness (QED) is 0.762. The zero-order valence-corrected chi connectivity index (χ0v) is 9.85. The van der Waals surface area contributed by atoms with Gasteiger partial charge in [-0.1, -0.05) is 13.0 Å². The first kappa shape index (κ1) is 10.5. The van der Waals surface area contributed by atoms with Crippen LogP contribution in [0.2, 0.25) is 0 Å². The van der Waals surface area contributed by atoms with Crippen LogP contribution in [-0.4, -0.2) is 4.98 Å². The van der Waals surface area contributed by atoms with E-state index in [4.69, 9.17) is 0 Å². The Hall–Kier alpha value is -0.630. The van der Waals surface area contributed by atoms with Crippen LogP contribution in [0, 0.1) is 6.92 Å². The fourth-order valence-electron chi connectivity index (χ4n) is 1.32. The molecule has 2 heteroatoms. The molecule has 0 spiro atoms. The Labute approximate surface area is 88.0 Å². The summed E-state index contributed by atoms with van der Waals surface area (Å²) in [6.45, 7) is 6.30. The number of hydrogen-bond acceptors (Lipinski definition) is 1. The molecular weight excluding hydrogens is 226 g/mol. The molecule has 0 bridgehead atoms. The summed E-state index contributed by atoms with van der Waals surface area (Å²) in [5, 5.41) is 0. The van der Waals surface area contributed by atoms with Crippen molar-refractivity contribution in [2.75, 3.05) is 0 Å². The number of pyridine rings is 1. The molecule has 0 aliphatic carbocycles. The Bertz CT molecular complexity index is 329. The maximum absolute atomic E-state index is 4.29. The molecule has 1 heterocycles. The normalized spacial score (nSPS) is 11.8. The minimum Gasteiger partial charge on any atom is -0.260 e. The van der Waals surface area contributed by atoms with Crippen molar-refractivity contribution in [3.8, 4) is 0 Å². The van der Waals surface area contributed by atoms with Crippen LogP contribution < -0.4 is 0 Å². The van der Waals surface area contributed by atoms with Crippen molar-refractivity contribution in [3.63, 3.8) is 0 Å². The summed E-state index contributed by atoms with van der Waals surface area (Å²) < 4.78 is 1.04. The molecule has 0 N–H and O–H groups in total. The fraction of sp³-hybridized carbons (Fsp3) is 0.364. The number of aromatic nitrogens is 1. The summed E-state index contributed by atoms with van der Waals surface area (Å²) in [5.41, 5.74) is 3.62. The van der Waals surface area contributed by atoms with Gasteiger partial charge in [0.05, 0.1) is 0 Å². The average molecular weight is 240 g/mol. The third-order valence-electron chi connectivity index (χ3n) is 1.99. The molecule has 1 aromatic rings. The van der Waals surface area contributed by atoms with Crippen molar-refractivity contribution in [3.05, 3.63) is 34.1 Å². The van der Waals surface area contributed by atoms with Crippen LogP contribution in [0.15, 0.2) is 22.8 Å². The molecule has 0 aliphatic rings. The van der Waals surface area contributed by atoms with Gasteiger partial charge in [0.15, 0.2) is 0 Å². The maximum atomic E-state index is 4.29. The zero-order chi connectivity index (χ0) is 9.84. The highest BCUT2D eigenvalue weighted by Crippen LogP contribution is 2.21. The summed E-state index contributed by atoms with van der Waals surface area (Å²) in [4.78, 5) is 4.29. The second kappa shape index (κ2) is 4.56. The summed E-state index contributed by atoms with van der Waals surface area (Å²) >= 11 is 3.43. The van der Waals surface area contributed by atoms with Crippen LogP contribution in [0.25, 0.3) is 5.57 Å². The van der Waals surface area contributed by atoms with Crippen LogP contribution >= 0.6 is 15.9 Å². The Kier molecular flexibility index (Phi) is 3.67. The molecule has 0 aromatic carbocycles. The summed E-state index contributed by atoms with van der Waals surface area (Å²) in [7, 11) is 0. The minimum absolute atomic E-state index is 1.04. The molecule has 1 nitrogen and oxygen atoms in total. The molecule has 0 unspecified atom stereocenters. The molecule has 1 rings (SSSR count). The van der Waals surface area contributed by atoms with E-state index in [1.54, 1.807) is 0 Å².